The first-order chi connectivity index (χ1) is 15.1. The predicted octanol–water partition coefficient (Wildman–Crippen LogP) is 3.63. The average molecular weight is 420 g/mol. The predicted molar refractivity (Wildman–Crippen MR) is 121 cm³/mol. The van der Waals surface area contributed by atoms with Crippen LogP contribution < -0.4 is 10.2 Å². The van der Waals surface area contributed by atoms with Crippen molar-refractivity contribution in [3.8, 4) is 11.3 Å². The van der Waals surface area contributed by atoms with Crippen LogP contribution in [0.25, 0.3) is 11.3 Å². The summed E-state index contributed by atoms with van der Waals surface area (Å²) < 4.78 is 5.60. The molecule has 0 atom stereocenters. The summed E-state index contributed by atoms with van der Waals surface area (Å²) in [7, 11) is 0. The number of piperazine rings is 1. The molecule has 1 fully saturated rings. The minimum absolute atomic E-state index is 0.276. The van der Waals surface area contributed by atoms with Gasteiger partial charge in [-0.15, -0.1) is 0 Å². The number of hydrogen-bond acceptors (Lipinski definition) is 8. The van der Waals surface area contributed by atoms with Crippen molar-refractivity contribution in [3.05, 3.63) is 41.5 Å². The van der Waals surface area contributed by atoms with Gasteiger partial charge in [-0.25, -0.2) is 15.0 Å². The van der Waals surface area contributed by atoms with Crippen LogP contribution in [0.3, 0.4) is 0 Å². The molecule has 8 heteroatoms. The van der Waals surface area contributed by atoms with E-state index in [0.717, 1.165) is 85.3 Å². The fraction of sp³-hybridized carbons (Fsp3) is 0.478. The highest BCUT2D eigenvalue weighted by Gasteiger charge is 2.27. The number of fused-ring (bicyclic) bond motifs is 3. The molecule has 0 aromatic carbocycles. The Labute approximate surface area is 182 Å². The number of hydrogen-bond donors (Lipinski definition) is 1. The zero-order valence-corrected chi connectivity index (χ0v) is 18.4. The third kappa shape index (κ3) is 3.87. The highest BCUT2D eigenvalue weighted by molar-refractivity contribution is 5.71. The van der Waals surface area contributed by atoms with E-state index in [1.54, 1.807) is 0 Å². The molecule has 0 spiro atoms. The first kappa shape index (κ1) is 19.9. The van der Waals surface area contributed by atoms with Crippen LogP contribution >= 0.6 is 0 Å². The molecule has 0 amide bonds. The molecule has 0 saturated carbocycles. The smallest absolute Gasteiger partial charge is 0.228 e. The van der Waals surface area contributed by atoms with Gasteiger partial charge in [0.2, 0.25) is 5.95 Å². The Hall–Kier alpha value is -3.00. The fourth-order valence-electron chi connectivity index (χ4n) is 4.36. The Kier molecular flexibility index (Phi) is 5.31. The van der Waals surface area contributed by atoms with E-state index >= 15 is 0 Å². The number of nitrogens with one attached hydrogen (secondary N) is 1. The summed E-state index contributed by atoms with van der Waals surface area (Å²) in [4.78, 5) is 18.8. The van der Waals surface area contributed by atoms with Crippen molar-refractivity contribution in [2.24, 2.45) is 0 Å². The largest absolute Gasteiger partial charge is 0.368 e. The van der Waals surface area contributed by atoms with Crippen LogP contribution in [0.5, 0.6) is 0 Å². The highest BCUT2D eigenvalue weighted by atomic mass is 16.5. The quantitative estimate of drug-likeness (QED) is 0.671. The molecule has 3 aromatic rings. The summed E-state index contributed by atoms with van der Waals surface area (Å²) in [5.74, 6) is 2.48. The fourth-order valence-corrected chi connectivity index (χ4v) is 4.36. The lowest BCUT2D eigenvalue weighted by Crippen LogP contribution is -2.46. The maximum Gasteiger partial charge on any atom is 0.228 e. The maximum atomic E-state index is 5.60. The number of pyridine rings is 1. The van der Waals surface area contributed by atoms with Gasteiger partial charge in [0, 0.05) is 38.8 Å². The van der Waals surface area contributed by atoms with Crippen molar-refractivity contribution in [3.63, 3.8) is 0 Å². The van der Waals surface area contributed by atoms with Gasteiger partial charge in [-0.3, -0.25) is 0 Å². The number of aryl methyl sites for hydroxylation is 2. The summed E-state index contributed by atoms with van der Waals surface area (Å²) >= 11 is 0. The number of likely N-dealkylation sites (N-methyl/N-ethyl adjacent to an activating group) is 1. The molecule has 4 heterocycles. The number of nitrogens with zero attached hydrogens (tertiary/aromatic N) is 6. The van der Waals surface area contributed by atoms with E-state index in [1.165, 1.54) is 0 Å². The minimum Gasteiger partial charge on any atom is -0.368 e. The maximum absolute atomic E-state index is 5.60. The van der Waals surface area contributed by atoms with Crippen molar-refractivity contribution in [2.75, 3.05) is 42.9 Å². The second-order valence-corrected chi connectivity index (χ2v) is 8.54. The lowest BCUT2D eigenvalue weighted by Gasteiger charge is -2.35. The van der Waals surface area contributed by atoms with Gasteiger partial charge in [0.25, 0.3) is 0 Å². The molecule has 162 valence electrons. The second-order valence-electron chi connectivity index (χ2n) is 8.54. The van der Waals surface area contributed by atoms with E-state index in [1.807, 2.05) is 18.5 Å². The van der Waals surface area contributed by atoms with Gasteiger partial charge in [-0.05, 0) is 36.6 Å². The highest BCUT2D eigenvalue weighted by Crippen LogP contribution is 2.37. The van der Waals surface area contributed by atoms with Gasteiger partial charge in [-0.2, -0.15) is 0 Å². The Morgan fingerprint density at radius 1 is 1.06 bits per heavy atom. The first-order valence-electron chi connectivity index (χ1n) is 11.2. The van der Waals surface area contributed by atoms with Gasteiger partial charge in [-0.1, -0.05) is 25.9 Å². The number of anilines is 3. The van der Waals surface area contributed by atoms with E-state index < -0.39 is 0 Å². The van der Waals surface area contributed by atoms with Crippen molar-refractivity contribution < 1.29 is 4.52 Å². The van der Waals surface area contributed by atoms with Crippen molar-refractivity contribution >= 4 is 17.5 Å². The second kappa shape index (κ2) is 8.26. The summed E-state index contributed by atoms with van der Waals surface area (Å²) in [6.45, 7) is 11.9. The standard InChI is InChI=1S/C23H29N7O/c1-4-29-9-11-30(12-10-29)17-6-8-19(24-14-17)26-23-25-13-16-5-7-18-20(22(16)27-23)21(15(2)3)28-31-18/h6,8,13-15H,4-5,7,9-12H2,1-3H3,(H,24,25,26,27). The zero-order valence-electron chi connectivity index (χ0n) is 18.4. The van der Waals surface area contributed by atoms with Gasteiger partial charge >= 0.3 is 0 Å². The number of rotatable bonds is 5. The summed E-state index contributed by atoms with van der Waals surface area (Å²) in [6.07, 6.45) is 5.55. The van der Waals surface area contributed by atoms with Crippen LogP contribution in [0.15, 0.2) is 29.0 Å². The molecule has 0 radical (unpaired) electrons. The van der Waals surface area contributed by atoms with Crippen LogP contribution in [0, 0.1) is 0 Å². The summed E-state index contributed by atoms with van der Waals surface area (Å²) in [5.41, 5.74) is 5.22. The topological polar surface area (TPSA) is 83.2 Å². The van der Waals surface area contributed by atoms with E-state index in [9.17, 15) is 0 Å². The van der Waals surface area contributed by atoms with Crippen molar-refractivity contribution in [1.29, 1.82) is 0 Å². The lowest BCUT2D eigenvalue weighted by atomic mass is 9.91. The lowest BCUT2D eigenvalue weighted by molar-refractivity contribution is 0.271. The molecule has 1 N–H and O–H groups in total. The normalized spacial score (nSPS) is 16.3. The van der Waals surface area contributed by atoms with Crippen molar-refractivity contribution in [1.82, 2.24) is 25.0 Å². The van der Waals surface area contributed by atoms with Crippen molar-refractivity contribution in [2.45, 2.75) is 39.5 Å². The first-order valence-corrected chi connectivity index (χ1v) is 11.2. The van der Waals surface area contributed by atoms with E-state index in [4.69, 9.17) is 9.51 Å². The van der Waals surface area contributed by atoms with Crippen LogP contribution in [-0.2, 0) is 12.8 Å². The molecule has 8 nitrogen and oxygen atoms in total. The molecule has 5 rings (SSSR count). The van der Waals surface area contributed by atoms with Gasteiger partial charge < -0.3 is 19.6 Å². The van der Waals surface area contributed by atoms with E-state index in [0.29, 0.717) is 5.95 Å². The van der Waals surface area contributed by atoms with E-state index in [2.05, 4.69) is 57.1 Å². The van der Waals surface area contributed by atoms with Crippen LogP contribution in [0.4, 0.5) is 17.5 Å². The Bertz CT molecular complexity index is 1050. The molecule has 3 aromatic heterocycles. The van der Waals surface area contributed by atoms with Gasteiger partial charge in [0.1, 0.15) is 11.6 Å². The molecule has 0 unspecified atom stereocenters. The molecule has 1 aliphatic heterocycles. The molecule has 1 aliphatic carbocycles. The van der Waals surface area contributed by atoms with Gasteiger partial charge in [0.05, 0.1) is 28.8 Å². The monoisotopic (exact) mass is 419 g/mol. The molecule has 1 saturated heterocycles. The zero-order chi connectivity index (χ0) is 21.4. The van der Waals surface area contributed by atoms with E-state index in [-0.39, 0.29) is 5.92 Å². The molecule has 2 aliphatic rings. The minimum atomic E-state index is 0.276. The summed E-state index contributed by atoms with van der Waals surface area (Å²) in [6, 6.07) is 4.11. The van der Waals surface area contributed by atoms with Crippen LogP contribution in [0.1, 0.15) is 43.7 Å². The third-order valence-corrected chi connectivity index (χ3v) is 6.23. The van der Waals surface area contributed by atoms with Crippen LogP contribution in [-0.4, -0.2) is 57.7 Å². The van der Waals surface area contributed by atoms with Crippen LogP contribution in [0.2, 0.25) is 0 Å². The Morgan fingerprint density at radius 3 is 2.61 bits per heavy atom. The average Bonchev–Trinajstić information content (AvgIpc) is 3.25. The molecular weight excluding hydrogens is 390 g/mol. The molecule has 0 bridgehead atoms. The Morgan fingerprint density at radius 2 is 1.90 bits per heavy atom. The SMILES string of the molecule is CCN1CCN(c2ccc(Nc3ncc4c(n3)-c3c(C(C)C)noc3CC4)nc2)CC1. The Balaban J connectivity index is 1.34. The van der Waals surface area contributed by atoms with Gasteiger partial charge in [0.15, 0.2) is 0 Å². The third-order valence-electron chi connectivity index (χ3n) is 6.23. The molecule has 31 heavy (non-hydrogen) atoms. The summed E-state index contributed by atoms with van der Waals surface area (Å²) in [5, 5.41) is 7.56. The molecular formula is C23H29N7O. The number of aromatic nitrogens is 4.